The van der Waals surface area contributed by atoms with Crippen LogP contribution in [0, 0.1) is 0 Å². The first-order valence-corrected chi connectivity index (χ1v) is 0.636. The second kappa shape index (κ2) is 63.6. The van der Waals surface area contributed by atoms with Crippen LogP contribution in [0.2, 0.25) is 0 Å². The zero-order valence-electron chi connectivity index (χ0n) is 5.80. The van der Waals surface area contributed by atoms with E-state index in [-0.39, 0.29) is 90.6 Å². The zero-order chi connectivity index (χ0) is 2.00. The zero-order valence-corrected chi connectivity index (χ0v) is 8.13. The molecule has 0 aliphatic heterocycles. The molecule has 0 aromatic heterocycles. The summed E-state index contributed by atoms with van der Waals surface area (Å²) in [5, 5.41) is 0. The Hall–Kier alpha value is 3.02. The monoisotopic (exact) mass is 258 g/mol. The summed E-state index contributed by atoms with van der Waals surface area (Å²) in [6, 6.07) is 0. The van der Waals surface area contributed by atoms with Crippen LogP contribution in [-0.4, -0.2) is 0 Å². The summed E-state index contributed by atoms with van der Waals surface area (Å²) < 4.78 is 8.06. The van der Waals surface area contributed by atoms with Crippen molar-refractivity contribution in [1.82, 2.24) is 0 Å². The Balaban J connectivity index is -0.000000000238. The maximum atomic E-state index is 8.06. The second-order valence-electron chi connectivity index (χ2n) is 0. The van der Waals surface area contributed by atoms with Gasteiger partial charge in [-0.25, -0.2) is 0 Å². The molecule has 0 aromatic carbocycles. The average molecular weight is 259 g/mol. The van der Waals surface area contributed by atoms with Gasteiger partial charge in [-0.3, -0.25) is 0 Å². The van der Waals surface area contributed by atoms with Crippen LogP contribution in [-0.2, 0) is 69.8 Å². The molecular formula is H2Li2Mn2Ni2O. The van der Waals surface area contributed by atoms with Crippen molar-refractivity contribution in [2.24, 2.45) is 0 Å². The van der Waals surface area contributed by atoms with Gasteiger partial charge in [-0.05, 0) is 0 Å². The van der Waals surface area contributed by atoms with Crippen LogP contribution in [0.3, 0.4) is 0 Å². The van der Waals surface area contributed by atoms with E-state index in [0.29, 0.717) is 0 Å². The summed E-state index contributed by atoms with van der Waals surface area (Å²) in [5.74, 6) is 0. The molecule has 1 nitrogen and oxygen atoms in total. The SMILES string of the molecule is [H-].[H-].[Li+].[Li+].[Mn].[Ni].[Ni].[O]=[Mn]. The van der Waals surface area contributed by atoms with Gasteiger partial charge in [0.1, 0.15) is 0 Å². The third-order valence-electron chi connectivity index (χ3n) is 0. The maximum absolute atomic E-state index is 8.06. The first kappa shape index (κ1) is 50.4. The van der Waals surface area contributed by atoms with Crippen molar-refractivity contribution in [3.63, 3.8) is 0 Å². The van der Waals surface area contributed by atoms with Crippen molar-refractivity contribution in [3.05, 3.63) is 0 Å². The van der Waals surface area contributed by atoms with Crippen LogP contribution in [0.1, 0.15) is 2.85 Å². The van der Waals surface area contributed by atoms with Gasteiger partial charge < -0.3 is 2.85 Å². The standard InChI is InChI=1S/2Li.2Mn.2Ni.O.2H/q2*+1;;;;;;2*-1. The summed E-state index contributed by atoms with van der Waals surface area (Å²) in [4.78, 5) is 0. The van der Waals surface area contributed by atoms with Crippen LogP contribution in [0.4, 0.5) is 0 Å². The minimum atomic E-state index is 0. The minimum absolute atomic E-state index is 0. The van der Waals surface area contributed by atoms with Crippen LogP contribution < -0.4 is 37.7 Å². The van der Waals surface area contributed by atoms with E-state index in [1.165, 1.54) is 0 Å². The van der Waals surface area contributed by atoms with E-state index in [1.807, 2.05) is 0 Å². The Labute approximate surface area is 109 Å². The predicted octanol–water partition coefficient (Wildman–Crippen LogP) is -5.90. The fraction of sp³-hybridized carbons (Fsp3) is 0. The van der Waals surface area contributed by atoms with Crippen molar-refractivity contribution in [1.29, 1.82) is 0 Å². The molecule has 7 heavy (non-hydrogen) atoms. The van der Waals surface area contributed by atoms with Crippen molar-refractivity contribution < 1.29 is 110 Å². The van der Waals surface area contributed by atoms with Gasteiger partial charge in [0.15, 0.2) is 0 Å². The van der Waals surface area contributed by atoms with Crippen LogP contribution >= 0.6 is 0 Å². The van der Waals surface area contributed by atoms with E-state index in [9.17, 15) is 0 Å². The van der Waals surface area contributed by atoms with Crippen LogP contribution in [0.25, 0.3) is 0 Å². The molecule has 0 heterocycles. The Morgan fingerprint density at radius 3 is 1.00 bits per heavy atom. The third kappa shape index (κ3) is 48.7. The van der Waals surface area contributed by atoms with Gasteiger partial charge in [0.2, 0.25) is 0 Å². The van der Waals surface area contributed by atoms with Crippen LogP contribution in [0.5, 0.6) is 0 Å². The topological polar surface area (TPSA) is 17.1 Å². The van der Waals surface area contributed by atoms with Gasteiger partial charge in [0, 0.05) is 50.1 Å². The molecule has 0 rings (SSSR count). The molecule has 0 atom stereocenters. The van der Waals surface area contributed by atoms with Crippen molar-refractivity contribution >= 4 is 0 Å². The van der Waals surface area contributed by atoms with Crippen molar-refractivity contribution in [2.75, 3.05) is 0 Å². The molecule has 0 N–H and O–H groups in total. The number of hydrogen-bond donors (Lipinski definition) is 0. The molecule has 0 aromatic rings. The fourth-order valence-corrected chi connectivity index (χ4v) is 0. The van der Waals surface area contributed by atoms with E-state index >= 15 is 0 Å². The molecule has 0 saturated carbocycles. The van der Waals surface area contributed by atoms with Gasteiger partial charge in [0.25, 0.3) is 0 Å². The quantitative estimate of drug-likeness (QED) is 0.396. The molecule has 0 aliphatic carbocycles. The van der Waals surface area contributed by atoms with Gasteiger partial charge in [-0.15, -0.1) is 0 Å². The first-order valence-electron chi connectivity index (χ1n) is 0.154. The average Bonchev–Trinajstić information content (AvgIpc) is 1.00. The molecule has 0 bridgehead atoms. The molecule has 7 heteroatoms. The second-order valence-corrected chi connectivity index (χ2v) is 0. The van der Waals surface area contributed by atoms with E-state index < -0.39 is 0 Å². The van der Waals surface area contributed by atoms with Crippen LogP contribution in [0.15, 0.2) is 0 Å². The van der Waals surface area contributed by atoms with Gasteiger partial charge >= 0.3 is 57.5 Å². The summed E-state index contributed by atoms with van der Waals surface area (Å²) >= 11 is 1.69. The molecule has 0 amide bonds. The normalized spacial score (nSPS) is 0.571. The third-order valence-corrected chi connectivity index (χ3v) is 0. The van der Waals surface area contributed by atoms with Gasteiger partial charge in [-0.2, -0.15) is 0 Å². The summed E-state index contributed by atoms with van der Waals surface area (Å²) in [5.41, 5.74) is 0. The Morgan fingerprint density at radius 2 is 1.00 bits per heavy atom. The van der Waals surface area contributed by atoms with E-state index in [0.717, 1.165) is 0 Å². The predicted molar refractivity (Wildman–Crippen MR) is 2.91 cm³/mol. The molecule has 1 radical (unpaired) electrons. The summed E-state index contributed by atoms with van der Waals surface area (Å²) in [7, 11) is 0. The molecule has 0 aliphatic rings. The molecule has 0 fully saturated rings. The Kier molecular flexibility index (Phi) is 458. The first-order chi connectivity index (χ1) is 1.00. The number of hydrogen-bond acceptors (Lipinski definition) is 1. The molecular weight excluding hydrogens is 257 g/mol. The fourth-order valence-electron chi connectivity index (χ4n) is 0. The summed E-state index contributed by atoms with van der Waals surface area (Å²) in [6.07, 6.45) is 0. The van der Waals surface area contributed by atoms with E-state index in [4.69, 9.17) is 3.83 Å². The molecule has 0 unspecified atom stereocenters. The van der Waals surface area contributed by atoms with Gasteiger partial charge in [0.05, 0.1) is 0 Å². The molecule has 44 valence electrons. The Bertz CT molecular complexity index is 20.5. The van der Waals surface area contributed by atoms with Gasteiger partial charge in [-0.1, -0.05) is 0 Å². The summed E-state index contributed by atoms with van der Waals surface area (Å²) in [6.45, 7) is 0. The van der Waals surface area contributed by atoms with Crippen molar-refractivity contribution in [2.45, 2.75) is 0 Å². The van der Waals surface area contributed by atoms with Crippen molar-refractivity contribution in [3.8, 4) is 0 Å². The Morgan fingerprint density at radius 1 is 1.00 bits per heavy atom. The molecule has 0 saturated heterocycles. The van der Waals surface area contributed by atoms with E-state index in [1.54, 1.807) is 15.9 Å². The molecule has 0 spiro atoms. The number of rotatable bonds is 0. The van der Waals surface area contributed by atoms with E-state index in [2.05, 4.69) is 0 Å².